The molecule has 0 aliphatic heterocycles. The van der Waals surface area contributed by atoms with Crippen LogP contribution < -0.4 is 16.0 Å². The molecule has 0 heterocycles. The lowest BCUT2D eigenvalue weighted by Crippen LogP contribution is -2.40. The highest BCUT2D eigenvalue weighted by Crippen LogP contribution is 2.20. The van der Waals surface area contributed by atoms with Gasteiger partial charge in [0.05, 0.1) is 25.2 Å². The van der Waals surface area contributed by atoms with Crippen LogP contribution in [0.1, 0.15) is 5.56 Å². The lowest BCUT2D eigenvalue weighted by molar-refractivity contribution is -0.126. The molecule has 160 valence electrons. The Morgan fingerprint density at radius 1 is 0.710 bits per heavy atom. The summed E-state index contributed by atoms with van der Waals surface area (Å²) in [6.07, 6.45) is 0.0739. The minimum atomic E-state index is -1.71. The molecular weight excluding hydrogens is 411 g/mol. The molecule has 3 aromatic rings. The molecule has 0 aliphatic carbocycles. The van der Waals surface area contributed by atoms with Gasteiger partial charge >= 0.3 is 0 Å². The van der Waals surface area contributed by atoms with Gasteiger partial charge in [-0.25, -0.2) is 13.2 Å². The highest BCUT2D eigenvalue weighted by molar-refractivity contribution is 5.95. The third kappa shape index (κ3) is 5.59. The highest BCUT2D eigenvalue weighted by Gasteiger charge is 2.16. The van der Waals surface area contributed by atoms with E-state index in [4.69, 9.17) is 0 Å². The maximum Gasteiger partial charge on any atom is 0.243 e. The van der Waals surface area contributed by atoms with E-state index in [0.717, 1.165) is 22.4 Å². The minimum Gasteiger partial charge on any atom is -0.347 e. The van der Waals surface area contributed by atoms with Crippen LogP contribution in [-0.4, -0.2) is 30.8 Å². The van der Waals surface area contributed by atoms with Crippen molar-refractivity contribution in [3.05, 3.63) is 77.6 Å². The number of benzene rings is 3. The largest absolute Gasteiger partial charge is 0.347 e. The Kier molecular flexibility index (Phi) is 6.86. The summed E-state index contributed by atoms with van der Waals surface area (Å²) in [5.41, 5.74) is 0.255. The number of hydrogen-bond donors (Lipinski definition) is 3. The molecule has 0 radical (unpaired) electrons. The molecule has 0 aliphatic rings. The Bertz CT molecular complexity index is 1150. The molecule has 0 bridgehead atoms. The first-order chi connectivity index (χ1) is 14.8. The molecule has 0 saturated heterocycles. The predicted octanol–water partition coefficient (Wildman–Crippen LogP) is 2.67. The smallest absolute Gasteiger partial charge is 0.243 e. The summed E-state index contributed by atoms with van der Waals surface area (Å²) in [5.74, 6) is -6.51. The normalized spacial score (nSPS) is 10.5. The summed E-state index contributed by atoms with van der Waals surface area (Å²) in [5, 5.41) is 8.65. The van der Waals surface area contributed by atoms with Crippen LogP contribution in [0.15, 0.2) is 54.6 Å². The average Bonchev–Trinajstić information content (AvgIpc) is 2.77. The second-order valence-corrected chi connectivity index (χ2v) is 6.64. The number of rotatable bonds is 7. The molecular formula is C22H18F3N3O3. The molecule has 31 heavy (non-hydrogen) atoms. The molecule has 0 aromatic heterocycles. The van der Waals surface area contributed by atoms with Crippen molar-refractivity contribution in [2.45, 2.75) is 6.42 Å². The lowest BCUT2D eigenvalue weighted by atomic mass is 10.0. The van der Waals surface area contributed by atoms with E-state index in [0.29, 0.717) is 6.07 Å². The van der Waals surface area contributed by atoms with Crippen molar-refractivity contribution in [1.82, 2.24) is 10.6 Å². The fourth-order valence-electron chi connectivity index (χ4n) is 2.92. The standard InChI is InChI=1S/C22H18F3N3O3/c23-16-8-9-17(22(25)21(16)24)28-20(31)12-27-19(30)11-26-18(29)10-14-6-3-5-13-4-1-2-7-15(13)14/h1-9H,10-12H2,(H,26,29)(H,27,30)(H,28,31). The first-order valence-electron chi connectivity index (χ1n) is 9.28. The van der Waals surface area contributed by atoms with Crippen molar-refractivity contribution in [1.29, 1.82) is 0 Å². The van der Waals surface area contributed by atoms with E-state index in [9.17, 15) is 27.6 Å². The van der Waals surface area contributed by atoms with Gasteiger partial charge < -0.3 is 16.0 Å². The van der Waals surface area contributed by atoms with Gasteiger partial charge in [0.25, 0.3) is 0 Å². The molecule has 0 atom stereocenters. The van der Waals surface area contributed by atoms with Crippen LogP contribution in [0.3, 0.4) is 0 Å². The topological polar surface area (TPSA) is 87.3 Å². The van der Waals surface area contributed by atoms with Crippen molar-refractivity contribution in [3.8, 4) is 0 Å². The van der Waals surface area contributed by atoms with E-state index in [2.05, 4.69) is 10.6 Å². The van der Waals surface area contributed by atoms with Crippen molar-refractivity contribution in [2.24, 2.45) is 0 Å². The molecule has 0 unspecified atom stereocenters. The number of nitrogens with one attached hydrogen (secondary N) is 3. The Balaban J connectivity index is 1.45. The zero-order valence-corrected chi connectivity index (χ0v) is 16.2. The van der Waals surface area contributed by atoms with Crippen LogP contribution in [0.5, 0.6) is 0 Å². The fraction of sp³-hybridized carbons (Fsp3) is 0.136. The SMILES string of the molecule is O=C(CNC(=O)Cc1cccc2ccccc12)NCC(=O)Nc1ccc(F)c(F)c1F. The van der Waals surface area contributed by atoms with E-state index in [-0.39, 0.29) is 18.9 Å². The maximum atomic E-state index is 13.5. The molecule has 3 rings (SSSR count). The first-order valence-corrected chi connectivity index (χ1v) is 9.28. The second-order valence-electron chi connectivity index (χ2n) is 6.64. The minimum absolute atomic E-state index is 0.0739. The van der Waals surface area contributed by atoms with Crippen LogP contribution >= 0.6 is 0 Å². The molecule has 0 saturated carbocycles. The summed E-state index contributed by atoms with van der Waals surface area (Å²) in [4.78, 5) is 35.8. The van der Waals surface area contributed by atoms with Crippen molar-refractivity contribution in [3.63, 3.8) is 0 Å². The zero-order valence-electron chi connectivity index (χ0n) is 16.2. The second kappa shape index (κ2) is 9.75. The zero-order chi connectivity index (χ0) is 22.4. The third-order valence-corrected chi connectivity index (χ3v) is 4.43. The Labute approximate surface area is 175 Å². The van der Waals surface area contributed by atoms with Gasteiger partial charge in [-0.05, 0) is 28.5 Å². The number of amides is 3. The van der Waals surface area contributed by atoms with Crippen molar-refractivity contribution < 1.29 is 27.6 Å². The van der Waals surface area contributed by atoms with E-state index < -0.39 is 41.5 Å². The maximum absolute atomic E-state index is 13.5. The number of fused-ring (bicyclic) bond motifs is 1. The summed E-state index contributed by atoms with van der Waals surface area (Å²) in [6, 6.07) is 14.7. The Morgan fingerprint density at radius 3 is 2.19 bits per heavy atom. The number of hydrogen-bond acceptors (Lipinski definition) is 3. The molecule has 0 fully saturated rings. The number of carbonyl (C=O) groups is 3. The predicted molar refractivity (Wildman–Crippen MR) is 109 cm³/mol. The van der Waals surface area contributed by atoms with Crippen LogP contribution in [0.4, 0.5) is 18.9 Å². The quantitative estimate of drug-likeness (QED) is 0.505. The summed E-state index contributed by atoms with van der Waals surface area (Å²) < 4.78 is 39.6. The van der Waals surface area contributed by atoms with Gasteiger partial charge in [0.15, 0.2) is 17.5 Å². The van der Waals surface area contributed by atoms with Crippen molar-refractivity contribution in [2.75, 3.05) is 18.4 Å². The molecule has 0 spiro atoms. The number of halogens is 3. The summed E-state index contributed by atoms with van der Waals surface area (Å²) in [6.45, 7) is -0.910. The van der Waals surface area contributed by atoms with Crippen LogP contribution in [-0.2, 0) is 20.8 Å². The van der Waals surface area contributed by atoms with Crippen LogP contribution in [0.2, 0.25) is 0 Å². The monoisotopic (exact) mass is 429 g/mol. The van der Waals surface area contributed by atoms with Gasteiger partial charge in [-0.2, -0.15) is 0 Å². The van der Waals surface area contributed by atoms with Gasteiger partial charge in [-0.15, -0.1) is 0 Å². The average molecular weight is 429 g/mol. The van der Waals surface area contributed by atoms with Gasteiger partial charge in [0, 0.05) is 0 Å². The number of carbonyl (C=O) groups excluding carboxylic acids is 3. The third-order valence-electron chi connectivity index (χ3n) is 4.43. The summed E-state index contributed by atoms with van der Waals surface area (Å²) >= 11 is 0. The molecule has 3 aromatic carbocycles. The molecule has 3 N–H and O–H groups in total. The summed E-state index contributed by atoms with van der Waals surface area (Å²) in [7, 11) is 0. The first kappa shape index (κ1) is 21.8. The van der Waals surface area contributed by atoms with Crippen molar-refractivity contribution >= 4 is 34.2 Å². The number of anilines is 1. The van der Waals surface area contributed by atoms with E-state index in [1.807, 2.05) is 47.8 Å². The van der Waals surface area contributed by atoms with Crippen LogP contribution in [0, 0.1) is 17.5 Å². The van der Waals surface area contributed by atoms with Gasteiger partial charge in [0.1, 0.15) is 0 Å². The van der Waals surface area contributed by atoms with E-state index in [1.165, 1.54) is 0 Å². The van der Waals surface area contributed by atoms with Gasteiger partial charge in [0.2, 0.25) is 17.7 Å². The Hall–Kier alpha value is -3.88. The fourth-order valence-corrected chi connectivity index (χ4v) is 2.92. The van der Waals surface area contributed by atoms with Crippen LogP contribution in [0.25, 0.3) is 10.8 Å². The van der Waals surface area contributed by atoms with E-state index >= 15 is 0 Å². The molecule has 3 amide bonds. The highest BCUT2D eigenvalue weighted by atomic mass is 19.2. The van der Waals surface area contributed by atoms with Gasteiger partial charge in [-0.1, -0.05) is 42.5 Å². The molecule has 9 heteroatoms. The van der Waals surface area contributed by atoms with E-state index in [1.54, 1.807) is 0 Å². The molecule has 6 nitrogen and oxygen atoms in total. The lowest BCUT2D eigenvalue weighted by Gasteiger charge is -2.10. The Morgan fingerprint density at radius 2 is 1.39 bits per heavy atom. The van der Waals surface area contributed by atoms with Gasteiger partial charge in [-0.3, -0.25) is 14.4 Å².